The first kappa shape index (κ1) is 17.7. The van der Waals surface area contributed by atoms with Crippen LogP contribution < -0.4 is 15.6 Å². The van der Waals surface area contributed by atoms with Gasteiger partial charge in [-0.1, -0.05) is 12.1 Å². The van der Waals surface area contributed by atoms with Crippen molar-refractivity contribution in [2.75, 3.05) is 6.61 Å². The van der Waals surface area contributed by atoms with Gasteiger partial charge in [-0.05, 0) is 48.0 Å². The summed E-state index contributed by atoms with van der Waals surface area (Å²) in [5, 5.41) is 8.70. The Bertz CT molecular complexity index is 809. The highest BCUT2D eigenvalue weighted by atomic mass is 19.1. The zero-order valence-electron chi connectivity index (χ0n) is 13.0. The molecule has 6 nitrogen and oxygen atoms in total. The fraction of sp³-hybridized carbons (Fsp3) is 0.0556. The lowest BCUT2D eigenvalue weighted by Crippen LogP contribution is -2.43. The number of ether oxygens (including phenoxy) is 1. The average molecular weight is 339 g/mol. The molecule has 2 N–H and O–H groups in total. The molecular formula is C18H14FN3O3. The van der Waals surface area contributed by atoms with Gasteiger partial charge in [0.2, 0.25) is 0 Å². The zero-order valence-corrected chi connectivity index (χ0v) is 13.0. The van der Waals surface area contributed by atoms with Crippen LogP contribution in [0.2, 0.25) is 0 Å². The van der Waals surface area contributed by atoms with Gasteiger partial charge in [-0.15, -0.1) is 0 Å². The van der Waals surface area contributed by atoms with Gasteiger partial charge in [0, 0.05) is 6.08 Å². The van der Waals surface area contributed by atoms with Crippen LogP contribution >= 0.6 is 0 Å². The normalized spacial score (nSPS) is 10.1. The van der Waals surface area contributed by atoms with Crippen molar-refractivity contribution < 1.29 is 18.7 Å². The summed E-state index contributed by atoms with van der Waals surface area (Å²) in [6.07, 6.45) is 2.78. The van der Waals surface area contributed by atoms with Crippen molar-refractivity contribution in [3.63, 3.8) is 0 Å². The second-order valence-corrected chi connectivity index (χ2v) is 4.85. The number of hydrogen-bond acceptors (Lipinski definition) is 4. The topological polar surface area (TPSA) is 91.2 Å². The van der Waals surface area contributed by atoms with Crippen molar-refractivity contribution in [1.82, 2.24) is 10.9 Å². The second kappa shape index (κ2) is 8.84. The maximum Gasteiger partial charge on any atom is 0.276 e. The molecule has 0 saturated carbocycles. The highest BCUT2D eigenvalue weighted by molar-refractivity contribution is 5.93. The first-order chi connectivity index (χ1) is 12.1. The molecule has 0 unspecified atom stereocenters. The van der Waals surface area contributed by atoms with Gasteiger partial charge in [0.15, 0.2) is 6.61 Å². The molecule has 2 aromatic rings. The third-order valence-electron chi connectivity index (χ3n) is 2.98. The van der Waals surface area contributed by atoms with Crippen molar-refractivity contribution in [3.8, 4) is 11.8 Å². The van der Waals surface area contributed by atoms with E-state index >= 15 is 0 Å². The minimum Gasteiger partial charge on any atom is -0.484 e. The standard InChI is InChI=1S/C18H14FN3O3/c19-15-6-8-16(9-7-15)25-12-18(24)22-21-17(23)10-5-13-1-3-14(11-20)4-2-13/h1-10H,12H2,(H,21,23)(H,22,24)/b10-5+. The number of carbonyl (C=O) groups excluding carboxylic acids is 2. The quantitative estimate of drug-likeness (QED) is 0.643. The van der Waals surface area contributed by atoms with Crippen LogP contribution in [0.1, 0.15) is 11.1 Å². The molecule has 0 aromatic heterocycles. The van der Waals surface area contributed by atoms with Gasteiger partial charge >= 0.3 is 0 Å². The maximum absolute atomic E-state index is 12.7. The molecule has 0 aliphatic heterocycles. The van der Waals surface area contributed by atoms with E-state index in [1.807, 2.05) is 6.07 Å². The number of hydrogen-bond donors (Lipinski definition) is 2. The first-order valence-electron chi connectivity index (χ1n) is 7.22. The third kappa shape index (κ3) is 6.15. The average Bonchev–Trinajstić information content (AvgIpc) is 2.64. The smallest absolute Gasteiger partial charge is 0.276 e. The predicted molar refractivity (Wildman–Crippen MR) is 88.4 cm³/mol. The molecule has 2 aromatic carbocycles. The van der Waals surface area contributed by atoms with Gasteiger partial charge in [-0.2, -0.15) is 5.26 Å². The van der Waals surface area contributed by atoms with E-state index in [-0.39, 0.29) is 6.61 Å². The number of hydrazine groups is 1. The van der Waals surface area contributed by atoms with Crippen LogP contribution in [0.15, 0.2) is 54.6 Å². The van der Waals surface area contributed by atoms with Crippen molar-refractivity contribution in [2.45, 2.75) is 0 Å². The van der Waals surface area contributed by atoms with Gasteiger partial charge in [0.25, 0.3) is 11.8 Å². The van der Waals surface area contributed by atoms with Crippen LogP contribution in [0.5, 0.6) is 5.75 Å². The molecule has 0 atom stereocenters. The third-order valence-corrected chi connectivity index (χ3v) is 2.98. The van der Waals surface area contributed by atoms with Crippen LogP contribution in [0.4, 0.5) is 4.39 Å². The van der Waals surface area contributed by atoms with Gasteiger partial charge < -0.3 is 4.74 Å². The van der Waals surface area contributed by atoms with Crippen LogP contribution in [-0.4, -0.2) is 18.4 Å². The van der Waals surface area contributed by atoms with Crippen molar-refractivity contribution in [2.24, 2.45) is 0 Å². The van der Waals surface area contributed by atoms with E-state index in [9.17, 15) is 14.0 Å². The largest absolute Gasteiger partial charge is 0.484 e. The van der Waals surface area contributed by atoms with E-state index in [1.165, 1.54) is 36.4 Å². The second-order valence-electron chi connectivity index (χ2n) is 4.85. The molecule has 0 bridgehead atoms. The van der Waals surface area contributed by atoms with E-state index in [0.717, 1.165) is 5.56 Å². The van der Waals surface area contributed by atoms with E-state index in [1.54, 1.807) is 24.3 Å². The van der Waals surface area contributed by atoms with Crippen LogP contribution in [0, 0.1) is 17.1 Å². The maximum atomic E-state index is 12.7. The highest BCUT2D eigenvalue weighted by Crippen LogP contribution is 2.10. The summed E-state index contributed by atoms with van der Waals surface area (Å²) in [5.74, 6) is -1.16. The summed E-state index contributed by atoms with van der Waals surface area (Å²) in [6.45, 7) is -0.328. The monoisotopic (exact) mass is 339 g/mol. The minimum atomic E-state index is -0.565. The summed E-state index contributed by atoms with van der Waals surface area (Å²) in [4.78, 5) is 23.2. The number of rotatable bonds is 5. The number of carbonyl (C=O) groups is 2. The lowest BCUT2D eigenvalue weighted by atomic mass is 10.1. The van der Waals surface area contributed by atoms with Crippen LogP contribution in [0.25, 0.3) is 6.08 Å². The van der Waals surface area contributed by atoms with E-state index < -0.39 is 17.6 Å². The summed E-state index contributed by atoms with van der Waals surface area (Å²) in [5.41, 5.74) is 5.65. The molecule has 0 saturated heterocycles. The summed E-state index contributed by atoms with van der Waals surface area (Å²) in [6, 6.07) is 13.8. The minimum absolute atomic E-state index is 0.328. The fourth-order valence-electron chi connectivity index (χ4n) is 1.73. The molecule has 0 heterocycles. The number of amides is 2. The van der Waals surface area contributed by atoms with Gasteiger partial charge in [0.05, 0.1) is 11.6 Å². The van der Waals surface area contributed by atoms with Crippen LogP contribution in [-0.2, 0) is 9.59 Å². The van der Waals surface area contributed by atoms with Gasteiger partial charge in [0.1, 0.15) is 11.6 Å². The summed E-state index contributed by atoms with van der Waals surface area (Å²) < 4.78 is 17.9. The number of nitrogens with zero attached hydrogens (tertiary/aromatic N) is 1. The molecule has 0 radical (unpaired) electrons. The molecular weight excluding hydrogens is 325 g/mol. The summed E-state index contributed by atoms with van der Waals surface area (Å²) >= 11 is 0. The Morgan fingerprint density at radius 2 is 1.76 bits per heavy atom. The molecule has 126 valence electrons. The Kier molecular flexibility index (Phi) is 6.25. The number of halogens is 1. The molecule has 7 heteroatoms. The molecule has 2 rings (SSSR count). The molecule has 0 spiro atoms. The number of nitrogens with one attached hydrogen (secondary N) is 2. The number of benzene rings is 2. The molecule has 25 heavy (non-hydrogen) atoms. The highest BCUT2D eigenvalue weighted by Gasteiger charge is 2.04. The zero-order chi connectivity index (χ0) is 18.1. The molecule has 0 aliphatic rings. The molecule has 2 amide bonds. The fourth-order valence-corrected chi connectivity index (χ4v) is 1.73. The van der Waals surface area contributed by atoms with E-state index in [2.05, 4.69) is 10.9 Å². The Morgan fingerprint density at radius 3 is 2.40 bits per heavy atom. The molecule has 0 fully saturated rings. The van der Waals surface area contributed by atoms with Crippen molar-refractivity contribution >= 4 is 17.9 Å². The Hall–Kier alpha value is -3.66. The molecule has 0 aliphatic carbocycles. The van der Waals surface area contributed by atoms with Crippen molar-refractivity contribution in [3.05, 3.63) is 71.6 Å². The Balaban J connectivity index is 1.73. The van der Waals surface area contributed by atoms with Crippen molar-refractivity contribution in [1.29, 1.82) is 5.26 Å². The van der Waals surface area contributed by atoms with Gasteiger partial charge in [-0.3, -0.25) is 20.4 Å². The number of nitriles is 1. The summed E-state index contributed by atoms with van der Waals surface area (Å²) in [7, 11) is 0. The lowest BCUT2D eigenvalue weighted by Gasteiger charge is -2.07. The SMILES string of the molecule is N#Cc1ccc(/C=C/C(=O)NNC(=O)COc2ccc(F)cc2)cc1. The Morgan fingerprint density at radius 1 is 1.08 bits per heavy atom. The first-order valence-corrected chi connectivity index (χ1v) is 7.22. The van der Waals surface area contributed by atoms with Gasteiger partial charge in [-0.25, -0.2) is 4.39 Å². The lowest BCUT2D eigenvalue weighted by molar-refractivity contribution is -0.128. The van der Waals surface area contributed by atoms with Crippen LogP contribution in [0.3, 0.4) is 0 Å². The van der Waals surface area contributed by atoms with E-state index in [4.69, 9.17) is 10.00 Å². The Labute approximate surface area is 143 Å². The predicted octanol–water partition coefficient (Wildman–Crippen LogP) is 1.94. The van der Waals surface area contributed by atoms with E-state index in [0.29, 0.717) is 11.3 Å².